The molecule has 1 heterocycles. The van der Waals surface area contributed by atoms with E-state index < -0.39 is 5.97 Å². The number of halogens is 2. The lowest BCUT2D eigenvalue weighted by atomic mass is 10.2. The molecule has 0 amide bonds. The molecule has 2 rings (SSSR count). The lowest BCUT2D eigenvalue weighted by Gasteiger charge is -2.08. The first kappa shape index (κ1) is 13.7. The summed E-state index contributed by atoms with van der Waals surface area (Å²) in [7, 11) is 0. The molecule has 1 aromatic carbocycles. The molecule has 0 aliphatic carbocycles. The molecule has 0 bridgehead atoms. The van der Waals surface area contributed by atoms with Crippen LogP contribution in [0.4, 0.5) is 10.1 Å². The Morgan fingerprint density at radius 2 is 2.16 bits per heavy atom. The van der Waals surface area contributed by atoms with Crippen LogP contribution in [0, 0.1) is 9.39 Å². The first-order valence-electron chi connectivity index (χ1n) is 5.44. The molecule has 0 saturated heterocycles. The van der Waals surface area contributed by atoms with E-state index in [1.807, 2.05) is 22.6 Å². The number of nitrogens with one attached hydrogen (secondary N) is 1. The van der Waals surface area contributed by atoms with Crippen LogP contribution in [0.25, 0.3) is 0 Å². The van der Waals surface area contributed by atoms with Crippen LogP contribution in [0.15, 0.2) is 36.4 Å². The molecule has 0 atom stereocenters. The maximum absolute atomic E-state index is 12.9. The van der Waals surface area contributed by atoms with Gasteiger partial charge in [-0.25, -0.2) is 14.2 Å². The molecule has 19 heavy (non-hydrogen) atoms. The summed E-state index contributed by atoms with van der Waals surface area (Å²) in [5.74, 6) is -1.35. The number of carbonyl (C=O) groups is 1. The van der Waals surface area contributed by atoms with Crippen molar-refractivity contribution in [3.05, 3.63) is 57.2 Å². The van der Waals surface area contributed by atoms with Gasteiger partial charge in [-0.2, -0.15) is 0 Å². The Bertz CT molecular complexity index is 619. The van der Waals surface area contributed by atoms with Gasteiger partial charge in [0.25, 0.3) is 0 Å². The van der Waals surface area contributed by atoms with Gasteiger partial charge in [0, 0.05) is 9.26 Å². The Balaban J connectivity index is 2.10. The monoisotopic (exact) mass is 372 g/mol. The number of pyridine rings is 1. The minimum Gasteiger partial charge on any atom is -0.477 e. The normalized spacial score (nSPS) is 10.2. The summed E-state index contributed by atoms with van der Waals surface area (Å²) in [5.41, 5.74) is 1.40. The van der Waals surface area contributed by atoms with Gasteiger partial charge in [0.15, 0.2) is 0 Å². The van der Waals surface area contributed by atoms with E-state index in [4.69, 9.17) is 5.11 Å². The average Bonchev–Trinajstić information content (AvgIpc) is 2.38. The first-order valence-corrected chi connectivity index (χ1v) is 6.52. The van der Waals surface area contributed by atoms with Crippen LogP contribution in [0.3, 0.4) is 0 Å². The van der Waals surface area contributed by atoms with E-state index in [0.29, 0.717) is 12.2 Å². The number of hydrogen-bond acceptors (Lipinski definition) is 3. The quantitative estimate of drug-likeness (QED) is 0.810. The maximum Gasteiger partial charge on any atom is 0.354 e. The van der Waals surface area contributed by atoms with Gasteiger partial charge >= 0.3 is 5.97 Å². The molecule has 0 fully saturated rings. The number of rotatable bonds is 4. The zero-order chi connectivity index (χ0) is 13.8. The number of aromatic nitrogens is 1. The van der Waals surface area contributed by atoms with Gasteiger partial charge in [-0.3, -0.25) is 0 Å². The predicted molar refractivity (Wildman–Crippen MR) is 77.6 cm³/mol. The molecule has 0 radical (unpaired) electrons. The molecule has 2 aromatic rings. The molecule has 0 saturated carbocycles. The summed E-state index contributed by atoms with van der Waals surface area (Å²) < 4.78 is 13.7. The molecule has 6 heteroatoms. The fourth-order valence-electron chi connectivity index (χ4n) is 1.52. The van der Waals surface area contributed by atoms with Crippen molar-refractivity contribution in [2.45, 2.75) is 6.54 Å². The van der Waals surface area contributed by atoms with Crippen LogP contribution in [-0.2, 0) is 6.54 Å². The SMILES string of the molecule is O=C(O)c1cccc(CNc2ccc(F)cc2I)n1. The van der Waals surface area contributed by atoms with E-state index in [9.17, 15) is 9.18 Å². The van der Waals surface area contributed by atoms with Crippen molar-refractivity contribution in [1.82, 2.24) is 4.98 Å². The number of nitrogens with zero attached hydrogens (tertiary/aromatic N) is 1. The van der Waals surface area contributed by atoms with Crippen LogP contribution in [0.1, 0.15) is 16.2 Å². The first-order chi connectivity index (χ1) is 9.06. The Kier molecular flexibility index (Phi) is 4.31. The highest BCUT2D eigenvalue weighted by Crippen LogP contribution is 2.19. The number of benzene rings is 1. The molecule has 98 valence electrons. The highest BCUT2D eigenvalue weighted by atomic mass is 127. The third-order valence-corrected chi connectivity index (χ3v) is 3.31. The molecule has 2 N–H and O–H groups in total. The van der Waals surface area contributed by atoms with Crippen molar-refractivity contribution >= 4 is 34.2 Å². The van der Waals surface area contributed by atoms with Crippen molar-refractivity contribution < 1.29 is 14.3 Å². The third-order valence-electron chi connectivity index (χ3n) is 2.42. The predicted octanol–water partition coefficient (Wildman–Crippen LogP) is 3.14. The van der Waals surface area contributed by atoms with Crippen LogP contribution < -0.4 is 5.32 Å². The number of carboxylic acid groups (broad SMARTS) is 1. The molecule has 0 unspecified atom stereocenters. The summed E-state index contributed by atoms with van der Waals surface area (Å²) in [6.07, 6.45) is 0. The van der Waals surface area contributed by atoms with E-state index in [-0.39, 0.29) is 11.5 Å². The second-order valence-corrected chi connectivity index (χ2v) is 4.96. The maximum atomic E-state index is 12.9. The molecule has 0 aliphatic rings. The van der Waals surface area contributed by atoms with Crippen molar-refractivity contribution in [2.24, 2.45) is 0 Å². The largest absolute Gasteiger partial charge is 0.477 e. The zero-order valence-corrected chi connectivity index (χ0v) is 11.9. The van der Waals surface area contributed by atoms with E-state index in [1.54, 1.807) is 18.2 Å². The molecule has 1 aromatic heterocycles. The minimum absolute atomic E-state index is 0.00750. The molecular weight excluding hydrogens is 362 g/mol. The Labute approximate surface area is 122 Å². The highest BCUT2D eigenvalue weighted by Gasteiger charge is 2.06. The second kappa shape index (κ2) is 5.96. The lowest BCUT2D eigenvalue weighted by molar-refractivity contribution is 0.0690. The topological polar surface area (TPSA) is 62.2 Å². The smallest absolute Gasteiger partial charge is 0.354 e. The summed E-state index contributed by atoms with van der Waals surface area (Å²) in [5, 5.41) is 11.9. The fraction of sp³-hybridized carbons (Fsp3) is 0.0769. The van der Waals surface area contributed by atoms with Gasteiger partial charge in [0.05, 0.1) is 12.2 Å². The van der Waals surface area contributed by atoms with Gasteiger partial charge < -0.3 is 10.4 Å². The van der Waals surface area contributed by atoms with Crippen molar-refractivity contribution in [3.8, 4) is 0 Å². The Hall–Kier alpha value is -1.70. The highest BCUT2D eigenvalue weighted by molar-refractivity contribution is 14.1. The van der Waals surface area contributed by atoms with E-state index in [0.717, 1.165) is 9.26 Å². The molecule has 0 spiro atoms. The Morgan fingerprint density at radius 1 is 1.37 bits per heavy atom. The number of hydrogen-bond donors (Lipinski definition) is 2. The fourth-order valence-corrected chi connectivity index (χ4v) is 2.18. The standard InChI is InChI=1S/C13H10FIN2O2/c14-8-4-5-11(10(15)6-8)16-7-9-2-1-3-12(17-9)13(18)19/h1-6,16H,7H2,(H,18,19). The number of aromatic carboxylic acids is 1. The van der Waals surface area contributed by atoms with Crippen molar-refractivity contribution in [3.63, 3.8) is 0 Å². The van der Waals surface area contributed by atoms with Gasteiger partial charge in [-0.1, -0.05) is 6.07 Å². The van der Waals surface area contributed by atoms with Gasteiger partial charge in [0.1, 0.15) is 11.5 Å². The lowest BCUT2D eigenvalue weighted by Crippen LogP contribution is -2.07. The van der Waals surface area contributed by atoms with Gasteiger partial charge in [-0.05, 0) is 52.9 Å². The molecular formula is C13H10FIN2O2. The number of carboxylic acids is 1. The van der Waals surface area contributed by atoms with Gasteiger partial charge in [-0.15, -0.1) is 0 Å². The van der Waals surface area contributed by atoms with Crippen LogP contribution >= 0.6 is 22.6 Å². The second-order valence-electron chi connectivity index (χ2n) is 3.80. The van der Waals surface area contributed by atoms with Crippen LogP contribution in [-0.4, -0.2) is 16.1 Å². The number of anilines is 1. The van der Waals surface area contributed by atoms with Crippen LogP contribution in [0.5, 0.6) is 0 Å². The van der Waals surface area contributed by atoms with Crippen molar-refractivity contribution in [1.29, 1.82) is 0 Å². The minimum atomic E-state index is -1.06. The van der Waals surface area contributed by atoms with E-state index >= 15 is 0 Å². The summed E-state index contributed by atoms with van der Waals surface area (Å²) in [4.78, 5) is 14.8. The summed E-state index contributed by atoms with van der Waals surface area (Å²) in [6, 6.07) is 9.24. The zero-order valence-electron chi connectivity index (χ0n) is 9.73. The van der Waals surface area contributed by atoms with E-state index in [2.05, 4.69) is 10.3 Å². The Morgan fingerprint density at radius 3 is 2.84 bits per heavy atom. The average molecular weight is 372 g/mol. The third kappa shape index (κ3) is 3.63. The van der Waals surface area contributed by atoms with Gasteiger partial charge in [0.2, 0.25) is 0 Å². The summed E-state index contributed by atoms with van der Waals surface area (Å²) in [6.45, 7) is 0.378. The van der Waals surface area contributed by atoms with Crippen molar-refractivity contribution in [2.75, 3.05) is 5.32 Å². The summed E-state index contributed by atoms with van der Waals surface area (Å²) >= 11 is 2.03. The van der Waals surface area contributed by atoms with E-state index in [1.165, 1.54) is 18.2 Å². The molecule has 0 aliphatic heterocycles. The van der Waals surface area contributed by atoms with Crippen LogP contribution in [0.2, 0.25) is 0 Å². The molecule has 4 nitrogen and oxygen atoms in total.